The van der Waals surface area contributed by atoms with Gasteiger partial charge in [0.05, 0.1) is 4.90 Å². The number of alkyl halides is 1. The van der Waals surface area contributed by atoms with Crippen molar-refractivity contribution in [1.82, 2.24) is 4.72 Å². The predicted octanol–water partition coefficient (Wildman–Crippen LogP) is 1.33. The van der Waals surface area contributed by atoms with Crippen LogP contribution in [-0.4, -0.2) is 20.3 Å². The van der Waals surface area contributed by atoms with E-state index in [1.165, 1.54) is 12.1 Å². The summed E-state index contributed by atoms with van der Waals surface area (Å²) in [6, 6.07) is 6.12. The van der Waals surface area contributed by atoms with Gasteiger partial charge < -0.3 is 5.73 Å². The highest BCUT2D eigenvalue weighted by Gasteiger charge is 2.11. The Morgan fingerprint density at radius 3 is 2.40 bits per heavy atom. The highest BCUT2D eigenvalue weighted by atomic mass is 79.9. The van der Waals surface area contributed by atoms with Crippen molar-refractivity contribution in [2.24, 2.45) is 0 Å². The summed E-state index contributed by atoms with van der Waals surface area (Å²) in [6.07, 6.45) is 0.758. The number of benzene rings is 1. The second-order valence-corrected chi connectivity index (χ2v) is 5.57. The third-order valence-corrected chi connectivity index (χ3v) is 3.83. The summed E-state index contributed by atoms with van der Waals surface area (Å²) in [6.45, 7) is 0.429. The van der Waals surface area contributed by atoms with Crippen LogP contribution in [0.15, 0.2) is 29.2 Å². The van der Waals surface area contributed by atoms with Crippen molar-refractivity contribution >= 4 is 31.6 Å². The number of halogens is 1. The number of nitrogens with two attached hydrogens (primary N) is 1. The van der Waals surface area contributed by atoms with Crippen LogP contribution >= 0.6 is 15.9 Å². The second kappa shape index (κ2) is 5.48. The van der Waals surface area contributed by atoms with E-state index in [9.17, 15) is 8.42 Å². The summed E-state index contributed by atoms with van der Waals surface area (Å²) < 4.78 is 25.8. The maximum absolute atomic E-state index is 11.7. The van der Waals surface area contributed by atoms with Crippen molar-refractivity contribution in [2.45, 2.75) is 11.3 Å². The monoisotopic (exact) mass is 292 g/mol. The van der Waals surface area contributed by atoms with Crippen molar-refractivity contribution in [3.05, 3.63) is 24.3 Å². The van der Waals surface area contributed by atoms with Crippen LogP contribution in [0.4, 0.5) is 5.69 Å². The van der Waals surface area contributed by atoms with Crippen LogP contribution in [-0.2, 0) is 10.0 Å². The van der Waals surface area contributed by atoms with Crippen LogP contribution in [0.2, 0.25) is 0 Å². The first-order chi connectivity index (χ1) is 7.06. The Hall–Kier alpha value is -0.590. The van der Waals surface area contributed by atoms with Gasteiger partial charge in [0.2, 0.25) is 10.0 Å². The number of rotatable bonds is 5. The fourth-order valence-electron chi connectivity index (χ4n) is 1.00. The Bertz CT molecular complexity index is 403. The molecular weight excluding hydrogens is 280 g/mol. The quantitative estimate of drug-likeness (QED) is 0.489. The normalized spacial score (nSPS) is 11.5. The average molecular weight is 293 g/mol. The number of anilines is 1. The van der Waals surface area contributed by atoms with Gasteiger partial charge in [-0.15, -0.1) is 0 Å². The fourth-order valence-corrected chi connectivity index (χ4v) is 2.36. The van der Waals surface area contributed by atoms with E-state index in [-0.39, 0.29) is 4.90 Å². The van der Waals surface area contributed by atoms with Gasteiger partial charge >= 0.3 is 0 Å². The lowest BCUT2D eigenvalue weighted by molar-refractivity contribution is 0.581. The molecular formula is C9H13BrN2O2S. The zero-order valence-electron chi connectivity index (χ0n) is 8.11. The minimum Gasteiger partial charge on any atom is -0.399 e. The molecule has 0 aromatic heterocycles. The van der Waals surface area contributed by atoms with Gasteiger partial charge in [-0.05, 0) is 30.7 Å². The Labute approximate surface area is 98.0 Å². The van der Waals surface area contributed by atoms with Crippen LogP contribution in [0, 0.1) is 0 Å². The van der Waals surface area contributed by atoms with E-state index < -0.39 is 10.0 Å². The van der Waals surface area contributed by atoms with Gasteiger partial charge in [-0.2, -0.15) is 0 Å². The van der Waals surface area contributed by atoms with Crippen molar-refractivity contribution in [3.8, 4) is 0 Å². The van der Waals surface area contributed by atoms with E-state index in [0.717, 1.165) is 11.8 Å². The van der Waals surface area contributed by atoms with Gasteiger partial charge in [0.25, 0.3) is 0 Å². The van der Waals surface area contributed by atoms with Crippen LogP contribution in [0.25, 0.3) is 0 Å². The lowest BCUT2D eigenvalue weighted by Crippen LogP contribution is -2.24. The maximum atomic E-state index is 11.7. The second-order valence-electron chi connectivity index (χ2n) is 3.01. The summed E-state index contributed by atoms with van der Waals surface area (Å²) >= 11 is 3.23. The van der Waals surface area contributed by atoms with Gasteiger partial charge in [-0.3, -0.25) is 0 Å². The molecule has 0 bridgehead atoms. The summed E-state index contributed by atoms with van der Waals surface area (Å²) in [5, 5.41) is 0.775. The van der Waals surface area contributed by atoms with E-state index in [0.29, 0.717) is 12.2 Å². The molecule has 0 aliphatic rings. The first kappa shape index (κ1) is 12.5. The molecule has 0 unspecified atom stereocenters. The molecule has 0 heterocycles. The zero-order chi connectivity index (χ0) is 11.3. The van der Waals surface area contributed by atoms with Crippen LogP contribution in [0.3, 0.4) is 0 Å². The molecule has 1 aromatic rings. The largest absolute Gasteiger partial charge is 0.399 e. The molecule has 0 amide bonds. The molecule has 0 fully saturated rings. The van der Waals surface area contributed by atoms with Crippen molar-refractivity contribution in [3.63, 3.8) is 0 Å². The predicted molar refractivity (Wildman–Crippen MR) is 64.5 cm³/mol. The standard InChI is InChI=1S/C9H13BrN2O2S/c10-6-1-7-12-15(13,14)9-4-2-8(11)3-5-9/h2-5,12H,1,6-7,11H2. The minimum atomic E-state index is -3.38. The van der Waals surface area contributed by atoms with E-state index in [2.05, 4.69) is 20.7 Å². The van der Waals surface area contributed by atoms with E-state index in [1.807, 2.05) is 0 Å². The summed E-state index contributed by atoms with van der Waals surface area (Å²) in [4.78, 5) is 0.242. The topological polar surface area (TPSA) is 72.2 Å². The third-order valence-electron chi connectivity index (χ3n) is 1.79. The number of nitrogens with one attached hydrogen (secondary N) is 1. The van der Waals surface area contributed by atoms with Gasteiger partial charge in [-0.25, -0.2) is 13.1 Å². The summed E-state index contributed by atoms with van der Waals surface area (Å²) in [5.74, 6) is 0. The van der Waals surface area contributed by atoms with Gasteiger partial charge in [0.15, 0.2) is 0 Å². The summed E-state index contributed by atoms with van der Waals surface area (Å²) in [5.41, 5.74) is 6.02. The molecule has 0 saturated heterocycles. The van der Waals surface area contributed by atoms with Crippen LogP contribution in [0.1, 0.15) is 6.42 Å². The van der Waals surface area contributed by atoms with Crippen LogP contribution in [0.5, 0.6) is 0 Å². The molecule has 0 aliphatic heterocycles. The molecule has 6 heteroatoms. The van der Waals surface area contributed by atoms with Crippen molar-refractivity contribution in [1.29, 1.82) is 0 Å². The molecule has 0 spiro atoms. The van der Waals surface area contributed by atoms with E-state index in [1.54, 1.807) is 12.1 Å². The van der Waals surface area contributed by atoms with Crippen LogP contribution < -0.4 is 10.5 Å². The molecule has 0 saturated carbocycles. The number of hydrogen-bond acceptors (Lipinski definition) is 3. The van der Waals surface area contributed by atoms with Crippen molar-refractivity contribution in [2.75, 3.05) is 17.6 Å². The Morgan fingerprint density at radius 2 is 1.87 bits per heavy atom. The Morgan fingerprint density at radius 1 is 1.27 bits per heavy atom. The molecule has 0 radical (unpaired) electrons. The Balaban J connectivity index is 2.73. The number of sulfonamides is 1. The lowest BCUT2D eigenvalue weighted by Gasteiger charge is -2.05. The highest BCUT2D eigenvalue weighted by molar-refractivity contribution is 9.09. The van der Waals surface area contributed by atoms with E-state index >= 15 is 0 Å². The molecule has 4 nitrogen and oxygen atoms in total. The first-order valence-electron chi connectivity index (χ1n) is 4.47. The van der Waals surface area contributed by atoms with Crippen molar-refractivity contribution < 1.29 is 8.42 Å². The van der Waals surface area contributed by atoms with Gasteiger partial charge in [0.1, 0.15) is 0 Å². The molecule has 1 rings (SSSR count). The van der Waals surface area contributed by atoms with Gasteiger partial charge in [-0.1, -0.05) is 15.9 Å². The fraction of sp³-hybridized carbons (Fsp3) is 0.333. The zero-order valence-corrected chi connectivity index (χ0v) is 10.5. The third kappa shape index (κ3) is 3.81. The first-order valence-corrected chi connectivity index (χ1v) is 7.08. The molecule has 15 heavy (non-hydrogen) atoms. The molecule has 84 valence electrons. The lowest BCUT2D eigenvalue weighted by atomic mass is 10.3. The molecule has 1 aromatic carbocycles. The summed E-state index contributed by atoms with van der Waals surface area (Å²) in [7, 11) is -3.38. The smallest absolute Gasteiger partial charge is 0.240 e. The van der Waals surface area contributed by atoms with Gasteiger partial charge in [0, 0.05) is 17.6 Å². The molecule has 3 N–H and O–H groups in total. The number of hydrogen-bond donors (Lipinski definition) is 2. The number of nitrogen functional groups attached to an aromatic ring is 1. The molecule has 0 aliphatic carbocycles. The maximum Gasteiger partial charge on any atom is 0.240 e. The molecule has 0 atom stereocenters. The van der Waals surface area contributed by atoms with E-state index in [4.69, 9.17) is 5.73 Å². The average Bonchev–Trinajstić information content (AvgIpc) is 2.18. The highest BCUT2D eigenvalue weighted by Crippen LogP contribution is 2.11. The minimum absolute atomic E-state index is 0.242. The Kier molecular flexibility index (Phi) is 4.56. The SMILES string of the molecule is Nc1ccc(S(=O)(=O)NCCCBr)cc1.